The van der Waals surface area contributed by atoms with Crippen molar-refractivity contribution in [3.63, 3.8) is 0 Å². The Balaban J connectivity index is 1.60. The van der Waals surface area contributed by atoms with Crippen LogP contribution in [0.4, 0.5) is 0 Å². The van der Waals surface area contributed by atoms with E-state index in [9.17, 15) is 14.4 Å². The molecular formula is C16H23N5O4. The summed E-state index contributed by atoms with van der Waals surface area (Å²) in [7, 11) is 0. The minimum atomic E-state index is -0.726. The average Bonchev–Trinajstić information content (AvgIpc) is 3.22. The van der Waals surface area contributed by atoms with Gasteiger partial charge in [0.2, 0.25) is 17.7 Å². The topological polar surface area (TPSA) is 109 Å². The Labute approximate surface area is 145 Å². The predicted octanol–water partition coefficient (Wildman–Crippen LogP) is 0.106. The first kappa shape index (κ1) is 17.4. The third-order valence-corrected chi connectivity index (χ3v) is 4.97. The molecule has 1 N–H and O–H groups in total. The van der Waals surface area contributed by atoms with E-state index in [2.05, 4.69) is 15.5 Å². The van der Waals surface area contributed by atoms with E-state index in [-0.39, 0.29) is 30.2 Å². The summed E-state index contributed by atoms with van der Waals surface area (Å²) in [5.74, 6) is -0.118. The lowest BCUT2D eigenvalue weighted by molar-refractivity contribution is -0.168. The number of carbonyl (C=O) groups is 3. The first-order chi connectivity index (χ1) is 11.8. The molecule has 9 heteroatoms. The zero-order chi connectivity index (χ0) is 18.2. The summed E-state index contributed by atoms with van der Waals surface area (Å²) in [5.41, 5.74) is -0.726. The van der Waals surface area contributed by atoms with Crippen molar-refractivity contribution in [2.24, 2.45) is 5.92 Å². The average molecular weight is 349 g/mol. The summed E-state index contributed by atoms with van der Waals surface area (Å²) in [6.07, 6.45) is 2.77. The predicted molar refractivity (Wildman–Crippen MR) is 86.0 cm³/mol. The summed E-state index contributed by atoms with van der Waals surface area (Å²) in [4.78, 5) is 43.8. The highest BCUT2D eigenvalue weighted by Crippen LogP contribution is 2.38. The largest absolute Gasteiger partial charge is 0.342 e. The number of carbonyl (C=O) groups excluding carboxylic acids is 3. The van der Waals surface area contributed by atoms with E-state index in [1.165, 1.54) is 18.2 Å². The highest BCUT2D eigenvalue weighted by atomic mass is 16.5. The number of aromatic nitrogens is 2. The van der Waals surface area contributed by atoms with Crippen molar-refractivity contribution in [1.29, 1.82) is 0 Å². The molecule has 1 aromatic heterocycles. The van der Waals surface area contributed by atoms with Crippen LogP contribution < -0.4 is 5.32 Å². The number of likely N-dealkylation sites (tertiary alicyclic amines) is 2. The summed E-state index contributed by atoms with van der Waals surface area (Å²) < 4.78 is 5.04. The van der Waals surface area contributed by atoms with Gasteiger partial charge in [0.25, 0.3) is 5.91 Å². The SMILES string of the molecule is CC(=O)N1CCCC12CN(CC(=O)NC(c1ncno1)C(C)C)C2=O. The second kappa shape index (κ2) is 6.45. The van der Waals surface area contributed by atoms with Crippen LogP contribution in [0.25, 0.3) is 0 Å². The number of rotatable bonds is 5. The first-order valence-electron chi connectivity index (χ1n) is 8.48. The van der Waals surface area contributed by atoms with E-state index in [4.69, 9.17) is 4.52 Å². The maximum absolute atomic E-state index is 12.6. The quantitative estimate of drug-likeness (QED) is 0.756. The van der Waals surface area contributed by atoms with Gasteiger partial charge in [-0.05, 0) is 18.8 Å². The van der Waals surface area contributed by atoms with Gasteiger partial charge in [-0.1, -0.05) is 19.0 Å². The zero-order valence-electron chi connectivity index (χ0n) is 14.7. The molecule has 1 aromatic rings. The van der Waals surface area contributed by atoms with E-state index < -0.39 is 11.6 Å². The molecular weight excluding hydrogens is 326 g/mol. The molecule has 2 saturated heterocycles. The van der Waals surface area contributed by atoms with Crippen LogP contribution in [0.2, 0.25) is 0 Å². The van der Waals surface area contributed by atoms with Gasteiger partial charge in [-0.15, -0.1) is 0 Å². The van der Waals surface area contributed by atoms with E-state index >= 15 is 0 Å². The van der Waals surface area contributed by atoms with E-state index in [0.717, 1.165) is 6.42 Å². The third kappa shape index (κ3) is 2.98. The molecule has 0 saturated carbocycles. The van der Waals surface area contributed by atoms with Crippen molar-refractivity contribution in [3.05, 3.63) is 12.2 Å². The van der Waals surface area contributed by atoms with Crippen LogP contribution in [0.15, 0.2) is 10.9 Å². The van der Waals surface area contributed by atoms with Crippen LogP contribution in [0.1, 0.15) is 45.5 Å². The van der Waals surface area contributed by atoms with Crippen molar-refractivity contribution in [2.45, 2.75) is 45.2 Å². The summed E-state index contributed by atoms with van der Waals surface area (Å²) in [5, 5.41) is 6.41. The van der Waals surface area contributed by atoms with Crippen molar-refractivity contribution < 1.29 is 18.9 Å². The van der Waals surface area contributed by atoms with E-state index in [1.54, 1.807) is 4.90 Å². The third-order valence-electron chi connectivity index (χ3n) is 4.97. The van der Waals surface area contributed by atoms with E-state index in [1.807, 2.05) is 13.8 Å². The fraction of sp³-hybridized carbons (Fsp3) is 0.688. The molecule has 1 spiro atoms. The van der Waals surface area contributed by atoms with Gasteiger partial charge in [-0.25, -0.2) is 0 Å². The molecule has 2 unspecified atom stereocenters. The highest BCUT2D eigenvalue weighted by molar-refractivity contribution is 5.99. The number of nitrogens with zero attached hydrogens (tertiary/aromatic N) is 4. The Morgan fingerprint density at radius 3 is 2.76 bits per heavy atom. The second-order valence-corrected chi connectivity index (χ2v) is 7.04. The molecule has 0 aromatic carbocycles. The summed E-state index contributed by atoms with van der Waals surface area (Å²) in [6.45, 7) is 6.32. The molecule has 2 aliphatic rings. The van der Waals surface area contributed by atoms with Crippen molar-refractivity contribution >= 4 is 17.7 Å². The minimum Gasteiger partial charge on any atom is -0.342 e. The number of nitrogens with one attached hydrogen (secondary N) is 1. The molecule has 136 valence electrons. The summed E-state index contributed by atoms with van der Waals surface area (Å²) >= 11 is 0. The lowest BCUT2D eigenvalue weighted by atomic mass is 9.85. The van der Waals surface area contributed by atoms with Crippen molar-refractivity contribution in [1.82, 2.24) is 25.3 Å². The number of hydrogen-bond donors (Lipinski definition) is 1. The molecule has 2 atom stereocenters. The van der Waals surface area contributed by atoms with Crippen LogP contribution in [0.3, 0.4) is 0 Å². The second-order valence-electron chi connectivity index (χ2n) is 7.04. The lowest BCUT2D eigenvalue weighted by Crippen LogP contribution is -2.73. The minimum absolute atomic E-state index is 0.0380. The van der Waals surface area contributed by atoms with Crippen LogP contribution >= 0.6 is 0 Å². The van der Waals surface area contributed by atoms with E-state index in [0.29, 0.717) is 25.4 Å². The molecule has 0 bridgehead atoms. The zero-order valence-corrected chi connectivity index (χ0v) is 14.7. The van der Waals surface area contributed by atoms with Gasteiger partial charge in [0.15, 0.2) is 6.33 Å². The van der Waals surface area contributed by atoms with Crippen molar-refractivity contribution in [3.8, 4) is 0 Å². The Morgan fingerprint density at radius 1 is 1.44 bits per heavy atom. The molecule has 3 rings (SSSR count). The smallest absolute Gasteiger partial charge is 0.250 e. The maximum atomic E-state index is 12.6. The van der Waals surface area contributed by atoms with Crippen LogP contribution in [0.5, 0.6) is 0 Å². The van der Waals surface area contributed by atoms with Gasteiger partial charge in [0.1, 0.15) is 11.6 Å². The normalized spacial score (nSPS) is 23.9. The monoisotopic (exact) mass is 349 g/mol. The fourth-order valence-corrected chi connectivity index (χ4v) is 3.73. The molecule has 2 fully saturated rings. The van der Waals surface area contributed by atoms with Gasteiger partial charge in [0.05, 0.1) is 13.1 Å². The van der Waals surface area contributed by atoms with Gasteiger partial charge >= 0.3 is 0 Å². The van der Waals surface area contributed by atoms with Gasteiger partial charge in [-0.2, -0.15) is 4.98 Å². The number of β-lactam (4-membered cyclic amide) rings is 1. The first-order valence-corrected chi connectivity index (χ1v) is 8.48. The number of amides is 3. The molecule has 2 aliphatic heterocycles. The molecule has 0 aliphatic carbocycles. The Hall–Kier alpha value is -2.45. The lowest BCUT2D eigenvalue weighted by Gasteiger charge is -2.50. The Bertz CT molecular complexity index is 674. The molecule has 0 radical (unpaired) electrons. The van der Waals surface area contributed by atoms with Gasteiger partial charge in [0, 0.05) is 13.5 Å². The van der Waals surface area contributed by atoms with Gasteiger partial charge < -0.3 is 19.6 Å². The van der Waals surface area contributed by atoms with Crippen LogP contribution in [0, 0.1) is 5.92 Å². The van der Waals surface area contributed by atoms with Crippen molar-refractivity contribution in [2.75, 3.05) is 19.6 Å². The molecule has 9 nitrogen and oxygen atoms in total. The number of hydrogen-bond acceptors (Lipinski definition) is 6. The fourth-order valence-electron chi connectivity index (χ4n) is 3.73. The Morgan fingerprint density at radius 2 is 2.20 bits per heavy atom. The van der Waals surface area contributed by atoms with Crippen LogP contribution in [-0.2, 0) is 14.4 Å². The molecule has 25 heavy (non-hydrogen) atoms. The van der Waals surface area contributed by atoms with Crippen LogP contribution in [-0.4, -0.2) is 62.8 Å². The molecule has 3 amide bonds. The standard InChI is InChI=1S/C16H23N5O4/c1-10(2)13(14-17-9-18-25-14)19-12(23)7-20-8-16(15(20)24)5-4-6-21(16)11(3)22/h9-10,13H,4-8H2,1-3H3,(H,19,23). The molecule has 3 heterocycles. The Kier molecular flexibility index (Phi) is 4.49. The van der Waals surface area contributed by atoms with Gasteiger partial charge in [-0.3, -0.25) is 14.4 Å². The summed E-state index contributed by atoms with van der Waals surface area (Å²) in [6, 6.07) is -0.402. The maximum Gasteiger partial charge on any atom is 0.250 e. The highest BCUT2D eigenvalue weighted by Gasteiger charge is 2.59.